The molecule has 6 N–H and O–H groups in total. The van der Waals surface area contributed by atoms with Crippen LogP contribution in [0.15, 0.2) is 29.3 Å². The van der Waals surface area contributed by atoms with Crippen LogP contribution in [0.5, 0.6) is 0 Å². The van der Waals surface area contributed by atoms with Gasteiger partial charge in [0.15, 0.2) is 11.1 Å². The number of anilines is 1. The maximum absolute atomic E-state index is 11.6. The number of carbonyl (C=O) groups excluding carboxylic acids is 1. The number of hydrogen-bond acceptors (Lipinski definition) is 4. The molecule has 0 saturated heterocycles. The zero-order chi connectivity index (χ0) is 14.3. The number of amidine groups is 1. The third kappa shape index (κ3) is 5.10. The van der Waals surface area contributed by atoms with E-state index in [9.17, 15) is 4.79 Å². The summed E-state index contributed by atoms with van der Waals surface area (Å²) in [4.78, 5) is 15.1. The minimum atomic E-state index is -0.344. The van der Waals surface area contributed by atoms with Crippen molar-refractivity contribution in [2.75, 3.05) is 11.1 Å². The van der Waals surface area contributed by atoms with Gasteiger partial charge in [0.25, 0.3) is 0 Å². The first kappa shape index (κ1) is 14.5. The van der Waals surface area contributed by atoms with E-state index >= 15 is 0 Å². The molecule has 0 aliphatic carbocycles. The summed E-state index contributed by atoms with van der Waals surface area (Å²) in [6, 6.07) is 8.62. The lowest BCUT2D eigenvalue weighted by Gasteiger charge is -2.05. The minimum Gasteiger partial charge on any atom is -0.370 e. The van der Waals surface area contributed by atoms with Gasteiger partial charge in [-0.05, 0) is 12.1 Å². The summed E-state index contributed by atoms with van der Waals surface area (Å²) in [5, 5.41) is 18.6. The second-order valence-electron chi connectivity index (χ2n) is 3.34. The Hall–Kier alpha value is -2.53. The van der Waals surface area contributed by atoms with E-state index in [4.69, 9.17) is 22.1 Å². The second-order valence-corrected chi connectivity index (χ2v) is 4.30. The van der Waals surface area contributed by atoms with Gasteiger partial charge in [0.2, 0.25) is 5.91 Å². The highest BCUT2D eigenvalue weighted by molar-refractivity contribution is 8.14. The number of hydrogen-bond donors (Lipinski definition) is 4. The molecule has 0 fully saturated rings. The number of benzene rings is 1. The van der Waals surface area contributed by atoms with Crippen LogP contribution in [0.25, 0.3) is 0 Å². The van der Waals surface area contributed by atoms with Crippen molar-refractivity contribution < 1.29 is 4.79 Å². The van der Waals surface area contributed by atoms with Crippen LogP contribution in [-0.2, 0) is 4.79 Å². The van der Waals surface area contributed by atoms with Gasteiger partial charge in [-0.3, -0.25) is 10.2 Å². The molecule has 0 radical (unpaired) electrons. The van der Waals surface area contributed by atoms with Crippen molar-refractivity contribution in [2.24, 2.45) is 16.5 Å². The van der Waals surface area contributed by atoms with Crippen molar-refractivity contribution in [3.05, 3.63) is 29.8 Å². The van der Waals surface area contributed by atoms with E-state index in [2.05, 4.69) is 10.3 Å². The van der Waals surface area contributed by atoms with Crippen molar-refractivity contribution in [1.29, 1.82) is 10.7 Å². The molecule has 1 aromatic rings. The number of amides is 1. The highest BCUT2D eigenvalue weighted by Gasteiger charge is 2.07. The number of nitrogens with zero attached hydrogens (tertiary/aromatic N) is 2. The molecule has 0 heterocycles. The summed E-state index contributed by atoms with van der Waals surface area (Å²) < 4.78 is 0. The lowest BCUT2D eigenvalue weighted by Crippen LogP contribution is -2.24. The minimum absolute atomic E-state index is 0.0185. The summed E-state index contributed by atoms with van der Waals surface area (Å²) in [5.74, 6) is -0.592. The number of nitrogens with one attached hydrogen (secondary N) is 2. The number of guanidine groups is 1. The van der Waals surface area contributed by atoms with Crippen LogP contribution in [0.1, 0.15) is 5.56 Å². The lowest BCUT2D eigenvalue weighted by molar-refractivity contribution is -0.113. The molecule has 1 amide bonds. The second kappa shape index (κ2) is 7.03. The number of nitrogens with two attached hydrogens (primary N) is 2. The zero-order valence-corrected chi connectivity index (χ0v) is 10.7. The summed E-state index contributed by atoms with van der Waals surface area (Å²) in [5.41, 5.74) is 11.0. The van der Waals surface area contributed by atoms with Crippen LogP contribution < -0.4 is 16.8 Å². The van der Waals surface area contributed by atoms with E-state index in [0.717, 1.165) is 11.8 Å². The van der Waals surface area contributed by atoms with Gasteiger partial charge in [-0.25, -0.2) is 0 Å². The summed E-state index contributed by atoms with van der Waals surface area (Å²) in [6.45, 7) is 0. The van der Waals surface area contributed by atoms with E-state index in [1.807, 2.05) is 6.07 Å². The fraction of sp³-hybridized carbons (Fsp3) is 0.0909. The van der Waals surface area contributed by atoms with Crippen molar-refractivity contribution in [1.82, 2.24) is 0 Å². The van der Waals surface area contributed by atoms with Crippen LogP contribution in [0.3, 0.4) is 0 Å². The molecule has 8 heteroatoms. The number of nitriles is 1. The molecular weight excluding hydrogens is 264 g/mol. The molecule has 98 valence electrons. The molecule has 1 rings (SSSR count). The molecule has 1 aromatic carbocycles. The molecule has 0 saturated carbocycles. The topological polar surface area (TPSA) is 141 Å². The molecule has 0 atom stereocenters. The van der Waals surface area contributed by atoms with E-state index in [1.165, 1.54) is 0 Å². The number of carbonyl (C=O) groups is 1. The summed E-state index contributed by atoms with van der Waals surface area (Å²) in [7, 11) is 0. The Morgan fingerprint density at radius 3 is 2.79 bits per heavy atom. The first-order valence-corrected chi connectivity index (χ1v) is 6.11. The van der Waals surface area contributed by atoms with Gasteiger partial charge in [0.1, 0.15) is 6.07 Å². The molecule has 7 nitrogen and oxygen atoms in total. The van der Waals surface area contributed by atoms with Gasteiger partial charge in [-0.1, -0.05) is 23.9 Å². The van der Waals surface area contributed by atoms with Gasteiger partial charge >= 0.3 is 0 Å². The van der Waals surface area contributed by atoms with Crippen LogP contribution >= 0.6 is 11.8 Å². The standard InChI is InChI=1S/C11H12N6OS/c12-5-7-3-1-2-4-8(7)16-9(18)6-19-11(15)17-10(13)14/h1-4H,6H2,(H,16,18)(H5,13,14,15,17). The normalized spacial score (nSPS) is 9.21. The molecule has 0 spiro atoms. The fourth-order valence-corrected chi connectivity index (χ4v) is 1.67. The average molecular weight is 276 g/mol. The largest absolute Gasteiger partial charge is 0.370 e. The number of para-hydroxylation sites is 1. The Balaban J connectivity index is 2.55. The molecule has 0 aliphatic heterocycles. The van der Waals surface area contributed by atoms with Gasteiger partial charge in [0.05, 0.1) is 17.0 Å². The monoisotopic (exact) mass is 276 g/mol. The SMILES string of the molecule is N#Cc1ccccc1NC(=O)CSC(=N)N=C(N)N. The molecular formula is C11H12N6OS. The van der Waals surface area contributed by atoms with Crippen LogP contribution in [0.4, 0.5) is 5.69 Å². The number of rotatable bonds is 3. The number of thioether (sulfide) groups is 1. The van der Waals surface area contributed by atoms with Crippen molar-refractivity contribution >= 4 is 34.5 Å². The van der Waals surface area contributed by atoms with Crippen molar-refractivity contribution in [3.8, 4) is 6.07 Å². The van der Waals surface area contributed by atoms with Crippen LogP contribution in [0, 0.1) is 16.7 Å². The van der Waals surface area contributed by atoms with Gasteiger partial charge in [-0.2, -0.15) is 10.3 Å². The van der Waals surface area contributed by atoms with E-state index < -0.39 is 0 Å². The fourth-order valence-electron chi connectivity index (χ4n) is 1.16. The van der Waals surface area contributed by atoms with Crippen LogP contribution in [-0.4, -0.2) is 22.8 Å². The first-order chi connectivity index (χ1) is 9.02. The Kier molecular flexibility index (Phi) is 5.37. The Morgan fingerprint density at radius 1 is 1.47 bits per heavy atom. The molecule has 0 unspecified atom stereocenters. The van der Waals surface area contributed by atoms with Gasteiger partial charge in [0, 0.05) is 0 Å². The Labute approximate surface area is 114 Å². The maximum Gasteiger partial charge on any atom is 0.234 e. The highest BCUT2D eigenvalue weighted by atomic mass is 32.2. The molecule has 0 bridgehead atoms. The highest BCUT2D eigenvalue weighted by Crippen LogP contribution is 2.14. The summed E-state index contributed by atoms with van der Waals surface area (Å²) in [6.07, 6.45) is 0. The zero-order valence-electron chi connectivity index (χ0n) is 9.88. The van der Waals surface area contributed by atoms with Crippen molar-refractivity contribution in [3.63, 3.8) is 0 Å². The third-order valence-corrected chi connectivity index (χ3v) is 2.66. The summed E-state index contributed by atoms with van der Waals surface area (Å²) >= 11 is 0.886. The predicted octanol–water partition coefficient (Wildman–Crippen LogP) is 0.438. The number of aliphatic imine (C=N–C) groups is 1. The van der Waals surface area contributed by atoms with Gasteiger partial charge in [-0.15, -0.1) is 0 Å². The smallest absolute Gasteiger partial charge is 0.234 e. The molecule has 19 heavy (non-hydrogen) atoms. The quantitative estimate of drug-likeness (QED) is 0.468. The predicted molar refractivity (Wildman–Crippen MR) is 75.8 cm³/mol. The van der Waals surface area contributed by atoms with Crippen molar-refractivity contribution in [2.45, 2.75) is 0 Å². The average Bonchev–Trinajstić information content (AvgIpc) is 2.36. The molecule has 0 aliphatic rings. The van der Waals surface area contributed by atoms with Gasteiger partial charge < -0.3 is 16.8 Å². The van der Waals surface area contributed by atoms with E-state index in [1.54, 1.807) is 24.3 Å². The Morgan fingerprint density at radius 2 is 2.16 bits per heavy atom. The maximum atomic E-state index is 11.6. The van der Waals surface area contributed by atoms with Crippen LogP contribution in [0.2, 0.25) is 0 Å². The van der Waals surface area contributed by atoms with E-state index in [-0.39, 0.29) is 22.8 Å². The third-order valence-electron chi connectivity index (χ3n) is 1.89. The van der Waals surface area contributed by atoms with E-state index in [0.29, 0.717) is 11.3 Å². The lowest BCUT2D eigenvalue weighted by atomic mass is 10.2. The first-order valence-electron chi connectivity index (χ1n) is 5.13. The Bertz CT molecular complexity index is 559. The molecule has 0 aromatic heterocycles.